The number of rotatable bonds is 5. The van der Waals surface area contributed by atoms with Gasteiger partial charge >= 0.3 is 0 Å². The molecule has 8 heteroatoms. The summed E-state index contributed by atoms with van der Waals surface area (Å²) < 4.78 is 31.5. The molecule has 13 heavy (non-hydrogen) atoms. The van der Waals surface area contributed by atoms with Crippen molar-refractivity contribution in [1.82, 2.24) is 9.59 Å². The largest absolute Gasteiger partial charge is 0.369 e. The Kier molecular flexibility index (Phi) is 3.93. The van der Waals surface area contributed by atoms with E-state index in [0.717, 1.165) is 11.5 Å². The number of hydrogen-bond acceptors (Lipinski definition) is 6. The van der Waals surface area contributed by atoms with E-state index in [0.29, 0.717) is 10.7 Å². The van der Waals surface area contributed by atoms with E-state index in [4.69, 9.17) is 5.84 Å². The molecule has 1 rings (SSSR count). The van der Waals surface area contributed by atoms with Gasteiger partial charge in [-0.1, -0.05) is 4.49 Å². The number of halogens is 2. The molecule has 0 saturated heterocycles. The highest BCUT2D eigenvalue weighted by molar-refractivity contribution is 7.10. The van der Waals surface area contributed by atoms with Crippen LogP contribution in [0.25, 0.3) is 0 Å². The summed E-state index contributed by atoms with van der Waals surface area (Å²) >= 11 is 1.04. The second kappa shape index (κ2) is 5.00. The Morgan fingerprint density at radius 1 is 1.62 bits per heavy atom. The Morgan fingerprint density at radius 3 is 3.00 bits per heavy atom. The maximum absolute atomic E-state index is 11.6. The second-order valence-corrected chi connectivity index (χ2v) is 2.85. The molecule has 3 N–H and O–H groups in total. The van der Waals surface area contributed by atoms with Gasteiger partial charge in [0.05, 0.1) is 6.61 Å². The highest BCUT2D eigenvalue weighted by atomic mass is 32.1. The molecule has 0 saturated carbocycles. The van der Waals surface area contributed by atoms with E-state index in [-0.39, 0.29) is 6.61 Å². The molecule has 0 amide bonds. The topological polar surface area (TPSA) is 73.1 Å². The lowest BCUT2D eigenvalue weighted by molar-refractivity contribution is 0.00898. The molecule has 0 bridgehead atoms. The maximum Gasteiger partial charge on any atom is 0.261 e. The molecule has 1 aromatic rings. The predicted octanol–water partition coefficient (Wildman–Crippen LogP) is 0.605. The number of nitrogens with one attached hydrogen (secondary N) is 1. The third-order valence-corrected chi connectivity index (χ3v) is 1.87. The summed E-state index contributed by atoms with van der Waals surface area (Å²) in [6.45, 7) is -0.623. The van der Waals surface area contributed by atoms with E-state index < -0.39 is 13.0 Å². The molecule has 0 unspecified atom stereocenters. The number of ether oxygens (including phenoxy) is 1. The van der Waals surface area contributed by atoms with Gasteiger partial charge in [0, 0.05) is 11.5 Å². The average molecular weight is 210 g/mol. The van der Waals surface area contributed by atoms with Crippen molar-refractivity contribution in [3.05, 3.63) is 5.69 Å². The van der Waals surface area contributed by atoms with Crippen LogP contribution in [0.1, 0.15) is 5.69 Å². The maximum atomic E-state index is 11.6. The van der Waals surface area contributed by atoms with Crippen LogP contribution >= 0.6 is 11.5 Å². The van der Waals surface area contributed by atoms with Crippen LogP contribution in [0.2, 0.25) is 0 Å². The zero-order valence-corrected chi connectivity index (χ0v) is 7.35. The van der Waals surface area contributed by atoms with Crippen LogP contribution in [-0.2, 0) is 11.3 Å². The molecule has 0 aliphatic rings. The van der Waals surface area contributed by atoms with Crippen LogP contribution in [0.5, 0.6) is 0 Å². The van der Waals surface area contributed by atoms with Crippen LogP contribution in [0.4, 0.5) is 13.8 Å². The zero-order chi connectivity index (χ0) is 9.68. The normalized spacial score (nSPS) is 10.8. The van der Waals surface area contributed by atoms with Gasteiger partial charge in [-0.05, 0) is 0 Å². The van der Waals surface area contributed by atoms with E-state index in [2.05, 4.69) is 19.7 Å². The van der Waals surface area contributed by atoms with Crippen molar-refractivity contribution < 1.29 is 13.5 Å². The first-order valence-corrected chi connectivity index (χ1v) is 4.15. The van der Waals surface area contributed by atoms with Crippen molar-refractivity contribution >= 4 is 16.5 Å². The number of aromatic nitrogens is 2. The van der Waals surface area contributed by atoms with Crippen LogP contribution in [0.3, 0.4) is 0 Å². The fraction of sp³-hybridized carbons (Fsp3) is 0.600. The Morgan fingerprint density at radius 2 is 2.38 bits per heavy atom. The molecule has 1 heterocycles. The van der Waals surface area contributed by atoms with Gasteiger partial charge in [0.2, 0.25) is 0 Å². The third kappa shape index (κ3) is 3.17. The average Bonchev–Trinajstić information content (AvgIpc) is 2.51. The Hall–Kier alpha value is -0.860. The molecule has 74 valence electrons. The predicted molar refractivity (Wildman–Crippen MR) is 43.4 cm³/mol. The van der Waals surface area contributed by atoms with E-state index in [9.17, 15) is 8.78 Å². The van der Waals surface area contributed by atoms with Gasteiger partial charge < -0.3 is 10.2 Å². The quantitative estimate of drug-likeness (QED) is 0.550. The Balaban J connectivity index is 2.36. The minimum Gasteiger partial charge on any atom is -0.369 e. The fourth-order valence-corrected chi connectivity index (χ4v) is 1.14. The van der Waals surface area contributed by atoms with Gasteiger partial charge in [0.1, 0.15) is 17.3 Å². The molecule has 0 radical (unpaired) electrons. The lowest BCUT2D eigenvalue weighted by atomic mass is 10.5. The Bertz CT molecular complexity index is 256. The monoisotopic (exact) mass is 210 g/mol. The molecule has 0 fully saturated rings. The zero-order valence-electron chi connectivity index (χ0n) is 6.54. The highest BCUT2D eigenvalue weighted by Gasteiger charge is 2.08. The second-order valence-electron chi connectivity index (χ2n) is 2.10. The number of alkyl halides is 2. The first-order chi connectivity index (χ1) is 6.24. The SMILES string of the molecule is NNc1snnc1COCC(F)F. The molecule has 0 aromatic carbocycles. The van der Waals surface area contributed by atoms with Crippen molar-refractivity contribution in [2.45, 2.75) is 13.0 Å². The summed E-state index contributed by atoms with van der Waals surface area (Å²) in [5, 5.41) is 4.16. The van der Waals surface area contributed by atoms with Gasteiger partial charge in [0.25, 0.3) is 6.43 Å². The number of hydrazine groups is 1. The standard InChI is InChI=1S/C5H8F2N4OS/c6-4(7)2-12-1-3-5(9-8)13-11-10-3/h4,9H,1-2,8H2. The van der Waals surface area contributed by atoms with Crippen molar-refractivity contribution in [2.75, 3.05) is 12.0 Å². The van der Waals surface area contributed by atoms with Gasteiger partial charge in [0.15, 0.2) is 0 Å². The molecule has 5 nitrogen and oxygen atoms in total. The molecule has 0 aliphatic carbocycles. The summed E-state index contributed by atoms with van der Waals surface area (Å²) in [7, 11) is 0. The van der Waals surface area contributed by atoms with Crippen molar-refractivity contribution in [1.29, 1.82) is 0 Å². The summed E-state index contributed by atoms with van der Waals surface area (Å²) in [6, 6.07) is 0. The van der Waals surface area contributed by atoms with Crippen LogP contribution in [-0.4, -0.2) is 22.6 Å². The Labute approximate surface area is 77.0 Å². The number of nitrogens with two attached hydrogens (primary N) is 1. The summed E-state index contributed by atoms with van der Waals surface area (Å²) in [5.74, 6) is 5.10. The van der Waals surface area contributed by atoms with Gasteiger partial charge in [-0.3, -0.25) is 0 Å². The first kappa shape index (κ1) is 10.2. The lowest BCUT2D eigenvalue weighted by Gasteiger charge is -2.01. The van der Waals surface area contributed by atoms with E-state index in [1.165, 1.54) is 0 Å². The van der Waals surface area contributed by atoms with Crippen LogP contribution < -0.4 is 11.3 Å². The van der Waals surface area contributed by atoms with Crippen molar-refractivity contribution in [3.8, 4) is 0 Å². The number of anilines is 1. The van der Waals surface area contributed by atoms with Crippen molar-refractivity contribution in [3.63, 3.8) is 0 Å². The third-order valence-electron chi connectivity index (χ3n) is 1.17. The fourth-order valence-electron chi connectivity index (χ4n) is 0.657. The van der Waals surface area contributed by atoms with Gasteiger partial charge in [-0.2, -0.15) is 0 Å². The van der Waals surface area contributed by atoms with E-state index in [1.54, 1.807) is 0 Å². The van der Waals surface area contributed by atoms with Crippen LogP contribution in [0.15, 0.2) is 0 Å². The van der Waals surface area contributed by atoms with E-state index in [1.807, 2.05) is 0 Å². The molecule has 1 aromatic heterocycles. The van der Waals surface area contributed by atoms with Gasteiger partial charge in [-0.25, -0.2) is 14.6 Å². The minimum absolute atomic E-state index is 0.0135. The smallest absolute Gasteiger partial charge is 0.261 e. The molecule has 0 spiro atoms. The van der Waals surface area contributed by atoms with Crippen LogP contribution in [0, 0.1) is 0 Å². The van der Waals surface area contributed by atoms with E-state index >= 15 is 0 Å². The number of nitrogens with zero attached hydrogens (tertiary/aromatic N) is 2. The van der Waals surface area contributed by atoms with Crippen molar-refractivity contribution in [2.24, 2.45) is 5.84 Å². The first-order valence-electron chi connectivity index (χ1n) is 3.37. The minimum atomic E-state index is -2.47. The highest BCUT2D eigenvalue weighted by Crippen LogP contribution is 2.16. The lowest BCUT2D eigenvalue weighted by Crippen LogP contribution is -2.09. The summed E-state index contributed by atoms with van der Waals surface area (Å²) in [4.78, 5) is 0. The van der Waals surface area contributed by atoms with Gasteiger partial charge in [-0.15, -0.1) is 5.10 Å². The molecular weight excluding hydrogens is 202 g/mol. The molecular formula is C5H8F2N4OS. The molecule has 0 aliphatic heterocycles. The number of nitrogen functional groups attached to an aromatic ring is 1. The summed E-state index contributed by atoms with van der Waals surface area (Å²) in [5.41, 5.74) is 2.78. The molecule has 0 atom stereocenters. The summed E-state index contributed by atoms with van der Waals surface area (Å²) in [6.07, 6.45) is -2.47. The number of hydrogen-bond donors (Lipinski definition) is 2.